The lowest BCUT2D eigenvalue weighted by Gasteiger charge is -2.26. The van der Waals surface area contributed by atoms with E-state index in [-0.39, 0.29) is 11.9 Å². The minimum absolute atomic E-state index is 0.130. The second-order valence-corrected chi connectivity index (χ2v) is 6.23. The Hall–Kier alpha value is -2.43. The van der Waals surface area contributed by atoms with Crippen molar-refractivity contribution in [2.75, 3.05) is 19.8 Å². The fourth-order valence-corrected chi connectivity index (χ4v) is 3.51. The number of rotatable bonds is 4. The van der Waals surface area contributed by atoms with Crippen molar-refractivity contribution in [3.63, 3.8) is 0 Å². The van der Waals surface area contributed by atoms with Crippen LogP contribution in [0.15, 0.2) is 41.0 Å². The number of benzene rings is 1. The first-order valence-corrected chi connectivity index (χ1v) is 8.52. The normalized spacial score (nSPS) is 19.5. The van der Waals surface area contributed by atoms with Crippen LogP contribution >= 0.6 is 0 Å². The van der Waals surface area contributed by atoms with Crippen LogP contribution in [0, 0.1) is 0 Å². The summed E-state index contributed by atoms with van der Waals surface area (Å²) in [5.41, 5.74) is 1.13. The quantitative estimate of drug-likeness (QED) is 0.864. The van der Waals surface area contributed by atoms with Gasteiger partial charge in [0.2, 0.25) is 5.91 Å². The van der Waals surface area contributed by atoms with Crippen molar-refractivity contribution in [2.45, 2.75) is 31.7 Å². The van der Waals surface area contributed by atoms with Crippen molar-refractivity contribution in [1.29, 1.82) is 0 Å². The first kappa shape index (κ1) is 15.1. The number of carbonyl (C=O) groups is 1. The van der Waals surface area contributed by atoms with E-state index in [2.05, 4.69) is 6.07 Å². The molecule has 1 fully saturated rings. The zero-order chi connectivity index (χ0) is 16.4. The Morgan fingerprint density at radius 1 is 1.17 bits per heavy atom. The van der Waals surface area contributed by atoms with Crippen molar-refractivity contribution < 1.29 is 18.7 Å². The highest BCUT2D eigenvalue weighted by Gasteiger charge is 2.30. The smallest absolute Gasteiger partial charge is 0.223 e. The first-order chi connectivity index (χ1) is 11.8. The van der Waals surface area contributed by atoms with Crippen molar-refractivity contribution in [3.8, 4) is 11.5 Å². The summed E-state index contributed by atoms with van der Waals surface area (Å²) in [7, 11) is 0. The molecular formula is C19H21NO4. The monoisotopic (exact) mass is 327 g/mol. The SMILES string of the molecule is O=C(CCc1ccco1)N1CCCC1c1ccc2c(c1)OCCO2. The van der Waals surface area contributed by atoms with Crippen LogP contribution in [0.5, 0.6) is 11.5 Å². The van der Waals surface area contributed by atoms with Crippen LogP contribution in [-0.4, -0.2) is 30.6 Å². The molecule has 0 aliphatic carbocycles. The topological polar surface area (TPSA) is 51.9 Å². The Morgan fingerprint density at radius 2 is 2.04 bits per heavy atom. The molecule has 0 radical (unpaired) electrons. The Bertz CT molecular complexity index is 710. The summed E-state index contributed by atoms with van der Waals surface area (Å²) in [6, 6.07) is 9.93. The van der Waals surface area contributed by atoms with E-state index in [9.17, 15) is 4.79 Å². The Labute approximate surface area is 141 Å². The second-order valence-electron chi connectivity index (χ2n) is 6.23. The fourth-order valence-electron chi connectivity index (χ4n) is 3.51. The number of amides is 1. The molecule has 5 nitrogen and oxygen atoms in total. The predicted molar refractivity (Wildman–Crippen MR) is 88.1 cm³/mol. The van der Waals surface area contributed by atoms with E-state index >= 15 is 0 Å². The number of aryl methyl sites for hydroxylation is 1. The van der Waals surface area contributed by atoms with Crippen LogP contribution in [0.2, 0.25) is 0 Å². The van der Waals surface area contributed by atoms with E-state index < -0.39 is 0 Å². The number of fused-ring (bicyclic) bond motifs is 1. The van der Waals surface area contributed by atoms with Gasteiger partial charge in [0.15, 0.2) is 11.5 Å². The van der Waals surface area contributed by atoms with Gasteiger partial charge in [-0.25, -0.2) is 0 Å². The molecule has 1 aromatic heterocycles. The number of likely N-dealkylation sites (tertiary alicyclic amines) is 1. The van der Waals surface area contributed by atoms with Crippen LogP contribution < -0.4 is 9.47 Å². The number of ether oxygens (including phenoxy) is 2. The fraction of sp³-hybridized carbons (Fsp3) is 0.421. The van der Waals surface area contributed by atoms with E-state index in [4.69, 9.17) is 13.9 Å². The van der Waals surface area contributed by atoms with Crippen molar-refractivity contribution in [2.24, 2.45) is 0 Å². The predicted octanol–water partition coefficient (Wildman–Crippen LogP) is 3.35. The molecule has 1 amide bonds. The molecule has 0 spiro atoms. The number of nitrogens with zero attached hydrogens (tertiary/aromatic N) is 1. The Balaban J connectivity index is 1.47. The molecule has 2 aromatic rings. The third-order valence-corrected chi connectivity index (χ3v) is 4.69. The Morgan fingerprint density at radius 3 is 2.88 bits per heavy atom. The van der Waals surface area contributed by atoms with Gasteiger partial charge in [0, 0.05) is 19.4 Å². The lowest BCUT2D eigenvalue weighted by Crippen LogP contribution is -2.30. The largest absolute Gasteiger partial charge is 0.486 e. The molecule has 24 heavy (non-hydrogen) atoms. The maximum absolute atomic E-state index is 12.6. The van der Waals surface area contributed by atoms with Crippen molar-refractivity contribution in [1.82, 2.24) is 4.90 Å². The molecule has 1 unspecified atom stereocenters. The highest BCUT2D eigenvalue weighted by Crippen LogP contribution is 2.38. The molecule has 2 aliphatic heterocycles. The van der Waals surface area contributed by atoms with Crippen molar-refractivity contribution >= 4 is 5.91 Å². The zero-order valence-electron chi connectivity index (χ0n) is 13.6. The van der Waals surface area contributed by atoms with E-state index in [0.717, 1.165) is 42.2 Å². The van der Waals surface area contributed by atoms with Gasteiger partial charge in [0.1, 0.15) is 19.0 Å². The molecule has 3 heterocycles. The summed E-state index contributed by atoms with van der Waals surface area (Å²) in [6.45, 7) is 1.98. The van der Waals surface area contributed by atoms with Gasteiger partial charge in [-0.05, 0) is 42.7 Å². The lowest BCUT2D eigenvalue weighted by molar-refractivity contribution is -0.132. The molecule has 1 saturated heterocycles. The third kappa shape index (κ3) is 2.98. The molecule has 126 valence electrons. The molecular weight excluding hydrogens is 306 g/mol. The molecule has 1 aromatic carbocycles. The highest BCUT2D eigenvalue weighted by atomic mass is 16.6. The number of hydrogen-bond donors (Lipinski definition) is 0. The maximum atomic E-state index is 12.6. The average Bonchev–Trinajstić information content (AvgIpc) is 3.31. The second kappa shape index (κ2) is 6.59. The highest BCUT2D eigenvalue weighted by molar-refractivity contribution is 5.77. The number of carbonyl (C=O) groups excluding carboxylic acids is 1. The van der Waals surface area contributed by atoms with Gasteiger partial charge in [-0.2, -0.15) is 0 Å². The lowest BCUT2D eigenvalue weighted by atomic mass is 10.0. The minimum atomic E-state index is 0.130. The molecule has 2 aliphatic rings. The number of hydrogen-bond acceptors (Lipinski definition) is 4. The summed E-state index contributed by atoms with van der Waals surface area (Å²) >= 11 is 0. The van der Waals surface area contributed by atoms with E-state index in [1.165, 1.54) is 0 Å². The maximum Gasteiger partial charge on any atom is 0.223 e. The Kier molecular flexibility index (Phi) is 4.15. The van der Waals surface area contributed by atoms with Crippen LogP contribution in [0.3, 0.4) is 0 Å². The minimum Gasteiger partial charge on any atom is -0.486 e. The molecule has 0 N–H and O–H groups in total. The first-order valence-electron chi connectivity index (χ1n) is 8.52. The van der Waals surface area contributed by atoms with Crippen molar-refractivity contribution in [3.05, 3.63) is 47.9 Å². The van der Waals surface area contributed by atoms with Gasteiger partial charge in [-0.3, -0.25) is 4.79 Å². The summed E-state index contributed by atoms with van der Waals surface area (Å²) in [5, 5.41) is 0. The van der Waals surface area contributed by atoms with E-state index in [0.29, 0.717) is 26.1 Å². The third-order valence-electron chi connectivity index (χ3n) is 4.69. The molecule has 0 saturated carbocycles. The average molecular weight is 327 g/mol. The van der Waals surface area contributed by atoms with E-state index in [1.807, 2.05) is 29.2 Å². The summed E-state index contributed by atoms with van der Waals surface area (Å²) < 4.78 is 16.6. The van der Waals surface area contributed by atoms with Gasteiger partial charge in [-0.15, -0.1) is 0 Å². The number of furan rings is 1. The van der Waals surface area contributed by atoms with Gasteiger partial charge < -0.3 is 18.8 Å². The molecule has 5 heteroatoms. The standard InChI is InChI=1S/C19H21NO4/c21-19(8-6-15-3-2-10-22-15)20-9-1-4-16(20)14-5-7-17-18(13-14)24-12-11-23-17/h2-3,5,7,10,13,16H,1,4,6,8-9,11-12H2. The van der Waals surface area contributed by atoms with E-state index in [1.54, 1.807) is 6.26 Å². The summed E-state index contributed by atoms with van der Waals surface area (Å²) in [6.07, 6.45) is 4.80. The van der Waals surface area contributed by atoms with Gasteiger partial charge in [0.05, 0.1) is 12.3 Å². The molecule has 4 rings (SSSR count). The molecule has 0 bridgehead atoms. The van der Waals surface area contributed by atoms with Crippen LogP contribution in [0.1, 0.15) is 36.6 Å². The summed E-state index contributed by atoms with van der Waals surface area (Å²) in [4.78, 5) is 14.6. The molecule has 1 atom stereocenters. The van der Waals surface area contributed by atoms with Gasteiger partial charge >= 0.3 is 0 Å². The zero-order valence-corrected chi connectivity index (χ0v) is 13.6. The van der Waals surface area contributed by atoms with Crippen LogP contribution in [-0.2, 0) is 11.2 Å². The van der Waals surface area contributed by atoms with Gasteiger partial charge in [0.25, 0.3) is 0 Å². The van der Waals surface area contributed by atoms with Crippen LogP contribution in [0.25, 0.3) is 0 Å². The van der Waals surface area contributed by atoms with Gasteiger partial charge in [-0.1, -0.05) is 6.07 Å². The summed E-state index contributed by atoms with van der Waals surface area (Å²) in [5.74, 6) is 2.62. The van der Waals surface area contributed by atoms with Crippen LogP contribution in [0.4, 0.5) is 0 Å².